The molecule has 2 rings (SSSR count). The summed E-state index contributed by atoms with van der Waals surface area (Å²) < 4.78 is 26.5. The lowest BCUT2D eigenvalue weighted by molar-refractivity contribution is 0.102. The van der Waals surface area contributed by atoms with Gasteiger partial charge in [0, 0.05) is 17.8 Å². The van der Waals surface area contributed by atoms with Crippen molar-refractivity contribution >= 4 is 21.6 Å². The van der Waals surface area contributed by atoms with Gasteiger partial charge in [-0.3, -0.25) is 4.79 Å². The second-order valence-electron chi connectivity index (χ2n) is 5.43. The fourth-order valence-electron chi connectivity index (χ4n) is 2.13. The molecule has 5 nitrogen and oxygen atoms in total. The molecule has 0 unspecified atom stereocenters. The van der Waals surface area contributed by atoms with E-state index in [2.05, 4.69) is 17.0 Å². The van der Waals surface area contributed by atoms with E-state index in [4.69, 9.17) is 0 Å². The summed E-state index contributed by atoms with van der Waals surface area (Å²) in [4.78, 5) is 12.4. The highest BCUT2D eigenvalue weighted by Crippen LogP contribution is 2.14. The quantitative estimate of drug-likeness (QED) is 0.808. The molecule has 0 heterocycles. The Hall–Kier alpha value is -2.18. The van der Waals surface area contributed by atoms with Crippen molar-refractivity contribution in [3.05, 3.63) is 59.7 Å². The summed E-state index contributed by atoms with van der Waals surface area (Å²) >= 11 is 0. The lowest BCUT2D eigenvalue weighted by Gasteiger charge is -2.08. The zero-order valence-electron chi connectivity index (χ0n) is 13.9. The SMILES string of the molecule is CCCNS(=O)(=O)c1ccc(C(=O)Nc2ccc(CC)cc2)cc1. The molecule has 6 heteroatoms. The number of rotatable bonds is 7. The van der Waals surface area contributed by atoms with Gasteiger partial charge < -0.3 is 5.32 Å². The summed E-state index contributed by atoms with van der Waals surface area (Å²) in [7, 11) is -3.51. The van der Waals surface area contributed by atoms with E-state index in [-0.39, 0.29) is 10.8 Å². The molecule has 0 radical (unpaired) electrons. The highest BCUT2D eigenvalue weighted by molar-refractivity contribution is 7.89. The first-order valence-corrected chi connectivity index (χ1v) is 9.44. The van der Waals surface area contributed by atoms with E-state index in [0.29, 0.717) is 17.8 Å². The minimum absolute atomic E-state index is 0.153. The third-order valence-electron chi connectivity index (χ3n) is 3.59. The maximum Gasteiger partial charge on any atom is 0.255 e. The number of amides is 1. The van der Waals surface area contributed by atoms with Crippen LogP contribution in [0.25, 0.3) is 0 Å². The molecule has 2 aromatic carbocycles. The van der Waals surface area contributed by atoms with Crippen molar-refractivity contribution in [3.63, 3.8) is 0 Å². The van der Waals surface area contributed by atoms with Gasteiger partial charge in [-0.2, -0.15) is 0 Å². The number of hydrogen-bond donors (Lipinski definition) is 2. The number of anilines is 1. The standard InChI is InChI=1S/C18H22N2O3S/c1-3-13-19-24(22,23)17-11-7-15(8-12-17)18(21)20-16-9-5-14(4-2)6-10-16/h5-12,19H,3-4,13H2,1-2H3,(H,20,21). The number of carbonyl (C=O) groups excluding carboxylic acids is 1. The molecule has 0 saturated heterocycles. The zero-order chi connectivity index (χ0) is 17.6. The largest absolute Gasteiger partial charge is 0.322 e. The Morgan fingerprint density at radius 3 is 2.12 bits per heavy atom. The topological polar surface area (TPSA) is 75.3 Å². The number of sulfonamides is 1. The van der Waals surface area contributed by atoms with Gasteiger partial charge in [-0.15, -0.1) is 0 Å². The summed E-state index contributed by atoms with van der Waals surface area (Å²) in [6.07, 6.45) is 1.66. The van der Waals surface area contributed by atoms with E-state index in [1.165, 1.54) is 29.8 Å². The zero-order valence-corrected chi connectivity index (χ0v) is 14.7. The molecule has 0 fully saturated rings. The lowest BCUT2D eigenvalue weighted by Crippen LogP contribution is -2.24. The molecule has 0 aliphatic carbocycles. The number of nitrogens with one attached hydrogen (secondary N) is 2. The van der Waals surface area contributed by atoms with E-state index in [9.17, 15) is 13.2 Å². The molecular formula is C18H22N2O3S. The third kappa shape index (κ3) is 4.66. The van der Waals surface area contributed by atoms with E-state index < -0.39 is 10.0 Å². The van der Waals surface area contributed by atoms with Crippen LogP contribution in [0.1, 0.15) is 36.2 Å². The van der Waals surface area contributed by atoms with Crippen LogP contribution < -0.4 is 10.0 Å². The van der Waals surface area contributed by atoms with E-state index >= 15 is 0 Å². The Kier molecular flexibility index (Phi) is 6.11. The van der Waals surface area contributed by atoms with Gasteiger partial charge in [0.1, 0.15) is 0 Å². The van der Waals surface area contributed by atoms with Crippen LogP contribution in [-0.2, 0) is 16.4 Å². The molecule has 0 spiro atoms. The molecule has 24 heavy (non-hydrogen) atoms. The van der Waals surface area contributed by atoms with Gasteiger partial charge >= 0.3 is 0 Å². The highest BCUT2D eigenvalue weighted by Gasteiger charge is 2.14. The first kappa shape index (κ1) is 18.2. The molecule has 0 aliphatic heterocycles. The molecule has 2 aromatic rings. The van der Waals surface area contributed by atoms with Crippen LogP contribution in [-0.4, -0.2) is 20.9 Å². The summed E-state index contributed by atoms with van der Waals surface area (Å²) in [5.41, 5.74) is 2.31. The van der Waals surface area contributed by atoms with Crippen molar-refractivity contribution in [2.45, 2.75) is 31.6 Å². The Balaban J connectivity index is 2.07. The van der Waals surface area contributed by atoms with Crippen LogP contribution in [0.4, 0.5) is 5.69 Å². The van der Waals surface area contributed by atoms with Crippen LogP contribution in [0.15, 0.2) is 53.4 Å². The first-order valence-electron chi connectivity index (χ1n) is 7.96. The molecule has 0 aliphatic rings. The predicted octanol–water partition coefficient (Wildman–Crippen LogP) is 3.19. The summed E-state index contributed by atoms with van der Waals surface area (Å²) in [5, 5.41) is 2.80. The average molecular weight is 346 g/mol. The maximum absolute atomic E-state index is 12.2. The van der Waals surface area contributed by atoms with Crippen LogP contribution >= 0.6 is 0 Å². The number of aryl methyl sites for hydroxylation is 1. The van der Waals surface area contributed by atoms with Crippen molar-refractivity contribution in [1.29, 1.82) is 0 Å². The number of benzene rings is 2. The van der Waals surface area contributed by atoms with Gasteiger partial charge in [0.15, 0.2) is 0 Å². The smallest absolute Gasteiger partial charge is 0.255 e. The van der Waals surface area contributed by atoms with Crippen molar-refractivity contribution in [2.75, 3.05) is 11.9 Å². The van der Waals surface area contributed by atoms with Crippen molar-refractivity contribution < 1.29 is 13.2 Å². The molecule has 0 saturated carbocycles. The molecule has 2 N–H and O–H groups in total. The Morgan fingerprint density at radius 1 is 0.958 bits per heavy atom. The molecule has 1 amide bonds. The van der Waals surface area contributed by atoms with Crippen LogP contribution in [0, 0.1) is 0 Å². The highest BCUT2D eigenvalue weighted by atomic mass is 32.2. The summed E-state index contributed by atoms with van der Waals surface area (Å²) in [6.45, 7) is 4.35. The van der Waals surface area contributed by atoms with E-state index in [0.717, 1.165) is 12.8 Å². The van der Waals surface area contributed by atoms with E-state index in [1.807, 2.05) is 31.2 Å². The summed E-state index contributed by atoms with van der Waals surface area (Å²) in [6, 6.07) is 13.5. The fourth-order valence-corrected chi connectivity index (χ4v) is 3.27. The van der Waals surface area contributed by atoms with Crippen molar-refractivity contribution in [2.24, 2.45) is 0 Å². The van der Waals surface area contributed by atoms with Gasteiger partial charge in [-0.1, -0.05) is 26.0 Å². The molecule has 0 bridgehead atoms. The van der Waals surface area contributed by atoms with Gasteiger partial charge in [0.2, 0.25) is 10.0 Å². The fraction of sp³-hybridized carbons (Fsp3) is 0.278. The average Bonchev–Trinajstić information content (AvgIpc) is 2.60. The van der Waals surface area contributed by atoms with Crippen molar-refractivity contribution in [3.8, 4) is 0 Å². The second-order valence-corrected chi connectivity index (χ2v) is 7.19. The van der Waals surface area contributed by atoms with E-state index in [1.54, 1.807) is 0 Å². The first-order chi connectivity index (χ1) is 11.5. The maximum atomic E-state index is 12.2. The van der Waals surface area contributed by atoms with Gasteiger partial charge in [0.05, 0.1) is 4.90 Å². The Labute approximate surface area is 143 Å². The van der Waals surface area contributed by atoms with Crippen LogP contribution in [0.3, 0.4) is 0 Å². The number of hydrogen-bond acceptors (Lipinski definition) is 3. The van der Waals surface area contributed by atoms with Gasteiger partial charge in [-0.25, -0.2) is 13.1 Å². The van der Waals surface area contributed by atoms with Crippen LogP contribution in [0.2, 0.25) is 0 Å². The normalized spacial score (nSPS) is 11.2. The predicted molar refractivity (Wildman–Crippen MR) is 95.7 cm³/mol. The minimum atomic E-state index is -3.51. The van der Waals surface area contributed by atoms with Gasteiger partial charge in [-0.05, 0) is 54.8 Å². The van der Waals surface area contributed by atoms with Crippen molar-refractivity contribution in [1.82, 2.24) is 4.72 Å². The Bertz CT molecular complexity index is 782. The monoisotopic (exact) mass is 346 g/mol. The number of carbonyl (C=O) groups is 1. The lowest BCUT2D eigenvalue weighted by atomic mass is 10.1. The third-order valence-corrected chi connectivity index (χ3v) is 5.07. The molecule has 0 atom stereocenters. The molecule has 128 valence electrons. The second kappa shape index (κ2) is 8.08. The van der Waals surface area contributed by atoms with Gasteiger partial charge in [0.25, 0.3) is 5.91 Å². The van der Waals surface area contributed by atoms with Crippen LogP contribution in [0.5, 0.6) is 0 Å². The summed E-state index contributed by atoms with van der Waals surface area (Å²) in [5.74, 6) is -0.273. The molecular weight excluding hydrogens is 324 g/mol. The molecule has 0 aromatic heterocycles. The Morgan fingerprint density at radius 2 is 1.58 bits per heavy atom. The minimum Gasteiger partial charge on any atom is -0.322 e.